The Morgan fingerprint density at radius 2 is 2.38 bits per heavy atom. The molecule has 38 valence electrons. The molecule has 0 amide bonds. The third-order valence-electron chi connectivity index (χ3n) is 0.939. The first-order valence-electron chi connectivity index (χ1n) is 2.45. The topological polar surface area (TPSA) is 12.4 Å². The van der Waals surface area contributed by atoms with Crippen LogP contribution in [0.25, 0.3) is 0 Å². The summed E-state index contributed by atoms with van der Waals surface area (Å²) in [7, 11) is 0. The summed E-state index contributed by atoms with van der Waals surface area (Å²) in [5.41, 5.74) is 0.924. The summed E-state index contributed by atoms with van der Waals surface area (Å²) in [6.07, 6.45) is 0. The molecular formula is C6H6BN. The van der Waals surface area contributed by atoms with Crippen LogP contribution in [-0.4, -0.2) is 13.6 Å². The molecule has 0 saturated heterocycles. The second-order valence-electron chi connectivity index (χ2n) is 1.49. The van der Waals surface area contributed by atoms with Crippen LogP contribution in [0.3, 0.4) is 0 Å². The van der Waals surface area contributed by atoms with Crippen molar-refractivity contribution in [3.63, 3.8) is 0 Å². The Hall–Kier alpha value is -0.915. The molecule has 0 bridgehead atoms. The zero-order valence-corrected chi connectivity index (χ0v) is 4.54. The Kier molecular flexibility index (Phi) is 1.57. The van der Waals surface area contributed by atoms with Gasteiger partial charge in [0.05, 0.1) is 0 Å². The molecule has 0 atom stereocenters. The Bertz CT molecular complexity index is 171. The molecule has 2 heteroatoms. The van der Waals surface area contributed by atoms with Gasteiger partial charge in [0.25, 0.3) is 0 Å². The van der Waals surface area contributed by atoms with Crippen molar-refractivity contribution in [3.05, 3.63) is 24.2 Å². The number of hydrogen-bond acceptors (Lipinski definition) is 1. The molecule has 0 spiro atoms. The number of aliphatic imine (C=N–C) groups is 1. The van der Waals surface area contributed by atoms with Gasteiger partial charge in [-0.15, -0.1) is 0 Å². The molecule has 1 nitrogen and oxygen atoms in total. The van der Waals surface area contributed by atoms with Crippen LogP contribution in [0.15, 0.2) is 29.2 Å². The molecule has 0 saturated carbocycles. The van der Waals surface area contributed by atoms with Crippen molar-refractivity contribution >= 4 is 19.2 Å². The Labute approximate surface area is 49.3 Å². The van der Waals surface area contributed by atoms with Crippen molar-refractivity contribution in [1.82, 2.24) is 0 Å². The van der Waals surface area contributed by atoms with Crippen LogP contribution >= 0.6 is 0 Å². The van der Waals surface area contributed by atoms with E-state index in [0.717, 1.165) is 5.58 Å². The van der Waals surface area contributed by atoms with Gasteiger partial charge in [0.1, 0.15) is 0 Å². The summed E-state index contributed by atoms with van der Waals surface area (Å²) in [5, 5.41) is 0. The summed E-state index contributed by atoms with van der Waals surface area (Å²) >= 11 is 0. The van der Waals surface area contributed by atoms with Crippen LogP contribution in [-0.2, 0) is 0 Å². The van der Waals surface area contributed by atoms with Gasteiger partial charge in [-0.25, -0.2) is 0 Å². The zero-order valence-electron chi connectivity index (χ0n) is 4.54. The molecule has 0 N–H and O–H groups in total. The van der Waals surface area contributed by atoms with Crippen molar-refractivity contribution in [1.29, 1.82) is 0 Å². The second-order valence-corrected chi connectivity index (χ2v) is 1.49. The average molecular weight is 103 g/mol. The van der Waals surface area contributed by atoms with Crippen molar-refractivity contribution < 1.29 is 0 Å². The molecule has 8 heavy (non-hydrogen) atoms. The van der Waals surface area contributed by atoms with E-state index in [0.29, 0.717) is 0 Å². The van der Waals surface area contributed by atoms with E-state index < -0.39 is 0 Å². The maximum atomic E-state index is 3.72. The van der Waals surface area contributed by atoms with E-state index in [1.165, 1.54) is 0 Å². The molecule has 0 aliphatic rings. The molecule has 0 unspecified atom stereocenters. The van der Waals surface area contributed by atoms with Crippen LogP contribution in [0.4, 0.5) is 5.58 Å². The fourth-order valence-electron chi connectivity index (χ4n) is 0.533. The fraction of sp³-hybridized carbons (Fsp3) is 0. The Morgan fingerprint density at radius 1 is 1.50 bits per heavy atom. The van der Waals surface area contributed by atoms with Gasteiger partial charge >= 0.3 is 48.4 Å². The zero-order chi connectivity index (χ0) is 5.82. The molecule has 1 aromatic rings. The predicted octanol–water partition coefficient (Wildman–Crippen LogP) is 1.36. The molecule has 0 fully saturated rings. The quantitative estimate of drug-likeness (QED) is 0.475. The SMILES string of the molecule is C=Nc1bcccc1. The Balaban J connectivity index is 2.99. The van der Waals surface area contributed by atoms with E-state index in [2.05, 4.69) is 11.7 Å². The van der Waals surface area contributed by atoms with Gasteiger partial charge in [-0.1, -0.05) is 0 Å². The second kappa shape index (κ2) is 2.41. The van der Waals surface area contributed by atoms with Gasteiger partial charge in [0.2, 0.25) is 0 Å². The van der Waals surface area contributed by atoms with Crippen molar-refractivity contribution in [2.24, 2.45) is 4.99 Å². The van der Waals surface area contributed by atoms with Gasteiger partial charge < -0.3 is 0 Å². The minimum atomic E-state index is 0.924. The summed E-state index contributed by atoms with van der Waals surface area (Å²) in [4.78, 5) is 3.72. The molecule has 1 heterocycles. The number of rotatable bonds is 1. The number of nitrogens with zero attached hydrogens (tertiary/aromatic N) is 1. The van der Waals surface area contributed by atoms with E-state index >= 15 is 0 Å². The molecule has 1 aromatic heterocycles. The minimum absolute atomic E-state index is 0.924. The molecule has 1 rings (SSSR count). The molecule has 0 aromatic carbocycles. The van der Waals surface area contributed by atoms with E-state index in [9.17, 15) is 0 Å². The summed E-state index contributed by atoms with van der Waals surface area (Å²) in [6.45, 7) is 5.29. The summed E-state index contributed by atoms with van der Waals surface area (Å²) in [5.74, 6) is 1.93. The number of hydrogen-bond donors (Lipinski definition) is 0. The van der Waals surface area contributed by atoms with Gasteiger partial charge in [-0.05, 0) is 0 Å². The first-order chi connectivity index (χ1) is 3.93. The van der Waals surface area contributed by atoms with Crippen molar-refractivity contribution in [3.8, 4) is 0 Å². The van der Waals surface area contributed by atoms with Gasteiger partial charge in [0, 0.05) is 0 Å². The van der Waals surface area contributed by atoms with E-state index in [4.69, 9.17) is 0 Å². The third-order valence-corrected chi connectivity index (χ3v) is 0.939. The van der Waals surface area contributed by atoms with Gasteiger partial charge in [-0.3, -0.25) is 0 Å². The molecule has 0 aliphatic heterocycles. The van der Waals surface area contributed by atoms with E-state index in [1.54, 1.807) is 0 Å². The fourth-order valence-corrected chi connectivity index (χ4v) is 0.533. The van der Waals surface area contributed by atoms with Gasteiger partial charge in [0.15, 0.2) is 0 Å². The van der Waals surface area contributed by atoms with Crippen LogP contribution in [0.1, 0.15) is 0 Å². The third kappa shape index (κ3) is 1.03. The molecule has 0 radical (unpaired) electrons. The van der Waals surface area contributed by atoms with Crippen LogP contribution in [0.2, 0.25) is 0 Å². The monoisotopic (exact) mass is 103 g/mol. The van der Waals surface area contributed by atoms with Crippen molar-refractivity contribution in [2.45, 2.75) is 0 Å². The maximum absolute atomic E-state index is 3.72. The van der Waals surface area contributed by atoms with E-state index in [-0.39, 0.29) is 0 Å². The average Bonchev–Trinajstić information content (AvgIpc) is 1.90. The standard InChI is InChI=1S/C6H6BN/c1-8-6-4-2-3-5-7-6/h2-5H,1H2. The molecular weight excluding hydrogens is 96.9 g/mol. The van der Waals surface area contributed by atoms with Crippen molar-refractivity contribution in [2.75, 3.05) is 0 Å². The van der Waals surface area contributed by atoms with Crippen LogP contribution in [0.5, 0.6) is 0 Å². The summed E-state index contributed by atoms with van der Waals surface area (Å²) in [6, 6.07) is 5.80. The first kappa shape index (κ1) is 5.23. The first-order valence-corrected chi connectivity index (χ1v) is 2.45. The molecule has 0 aliphatic carbocycles. The predicted molar refractivity (Wildman–Crippen MR) is 37.0 cm³/mol. The normalized spacial score (nSPS) is 8.00. The Morgan fingerprint density at radius 3 is 2.75 bits per heavy atom. The van der Waals surface area contributed by atoms with E-state index in [1.807, 2.05) is 31.1 Å². The summed E-state index contributed by atoms with van der Waals surface area (Å²) < 4.78 is 0. The van der Waals surface area contributed by atoms with Gasteiger partial charge in [-0.2, -0.15) is 0 Å². The van der Waals surface area contributed by atoms with Crippen LogP contribution in [0, 0.1) is 0 Å². The van der Waals surface area contributed by atoms with Crippen LogP contribution < -0.4 is 0 Å².